The van der Waals surface area contributed by atoms with Crippen LogP contribution in [-0.2, 0) is 4.79 Å². The summed E-state index contributed by atoms with van der Waals surface area (Å²) in [6.45, 7) is 1.99. The maximum absolute atomic E-state index is 12.9. The third kappa shape index (κ3) is 3.42. The first-order valence-corrected chi connectivity index (χ1v) is 8.28. The van der Waals surface area contributed by atoms with E-state index in [1.165, 1.54) is 0 Å². The largest absolute Gasteiger partial charge is 0.497 e. The topological polar surface area (TPSA) is 70.7 Å². The molecule has 1 atom stereocenters. The smallest absolute Gasteiger partial charge is 0.327 e. The Labute approximate surface area is 146 Å². The van der Waals surface area contributed by atoms with E-state index in [-0.39, 0.29) is 11.9 Å². The first kappa shape index (κ1) is 16.8. The first-order valence-electron chi connectivity index (χ1n) is 8.28. The molecule has 0 fully saturated rings. The van der Waals surface area contributed by atoms with Gasteiger partial charge in [-0.05, 0) is 42.8 Å². The number of hydrogen-bond donors (Lipinski definition) is 2. The number of anilines is 3. The van der Waals surface area contributed by atoms with E-state index < -0.39 is 6.04 Å². The van der Waals surface area contributed by atoms with Crippen molar-refractivity contribution in [3.63, 3.8) is 0 Å². The molecule has 0 saturated carbocycles. The van der Waals surface area contributed by atoms with Crippen LogP contribution in [0.25, 0.3) is 0 Å². The Morgan fingerprint density at radius 2 is 1.92 bits per heavy atom. The molecule has 1 aliphatic rings. The van der Waals surface area contributed by atoms with Gasteiger partial charge >= 0.3 is 6.03 Å². The normalized spacial score (nSPS) is 16.0. The predicted octanol–water partition coefficient (Wildman–Crippen LogP) is 3.85. The lowest BCUT2D eigenvalue weighted by atomic mass is 10.0. The Bertz CT molecular complexity index is 774. The van der Waals surface area contributed by atoms with Crippen LogP contribution in [0.4, 0.5) is 21.9 Å². The van der Waals surface area contributed by atoms with Crippen LogP contribution in [-0.4, -0.2) is 25.1 Å². The molecule has 2 N–H and O–H groups in total. The number of para-hydroxylation sites is 2. The fourth-order valence-electron chi connectivity index (χ4n) is 2.93. The van der Waals surface area contributed by atoms with Crippen molar-refractivity contribution >= 4 is 29.0 Å². The highest BCUT2D eigenvalue weighted by Gasteiger charge is 2.36. The molecule has 25 heavy (non-hydrogen) atoms. The molecule has 1 heterocycles. The molecule has 0 radical (unpaired) electrons. The van der Waals surface area contributed by atoms with E-state index in [4.69, 9.17) is 4.74 Å². The van der Waals surface area contributed by atoms with Gasteiger partial charge in [0.15, 0.2) is 0 Å². The minimum Gasteiger partial charge on any atom is -0.497 e. The van der Waals surface area contributed by atoms with Crippen LogP contribution in [0.1, 0.15) is 19.8 Å². The number of nitrogens with one attached hydrogen (secondary N) is 2. The summed E-state index contributed by atoms with van der Waals surface area (Å²) in [5.74, 6) is 0.551. The van der Waals surface area contributed by atoms with E-state index in [1.54, 1.807) is 42.3 Å². The highest BCUT2D eigenvalue weighted by Crippen LogP contribution is 2.33. The lowest BCUT2D eigenvalue weighted by Gasteiger charge is -2.36. The van der Waals surface area contributed by atoms with Gasteiger partial charge in [-0.25, -0.2) is 4.79 Å². The number of methoxy groups -OCH3 is 1. The number of fused-ring (bicyclic) bond motifs is 1. The molecule has 6 nitrogen and oxygen atoms in total. The molecule has 0 spiro atoms. The van der Waals surface area contributed by atoms with Gasteiger partial charge in [0.05, 0.1) is 18.5 Å². The average molecular weight is 339 g/mol. The number of urea groups is 1. The Morgan fingerprint density at radius 3 is 2.60 bits per heavy atom. The molecule has 2 aromatic rings. The summed E-state index contributed by atoms with van der Waals surface area (Å²) in [5.41, 5.74) is 1.99. The van der Waals surface area contributed by atoms with Gasteiger partial charge in [-0.2, -0.15) is 0 Å². The van der Waals surface area contributed by atoms with Crippen LogP contribution in [0.3, 0.4) is 0 Å². The molecule has 0 saturated heterocycles. The summed E-state index contributed by atoms with van der Waals surface area (Å²) in [4.78, 5) is 26.9. The lowest BCUT2D eigenvalue weighted by molar-refractivity contribution is -0.117. The average Bonchev–Trinajstić information content (AvgIpc) is 2.63. The summed E-state index contributed by atoms with van der Waals surface area (Å²) >= 11 is 0. The Hall–Kier alpha value is -3.02. The summed E-state index contributed by atoms with van der Waals surface area (Å²) in [5, 5.41) is 5.75. The molecule has 3 rings (SSSR count). The van der Waals surface area contributed by atoms with Gasteiger partial charge in [0.2, 0.25) is 5.91 Å². The summed E-state index contributed by atoms with van der Waals surface area (Å²) in [6.07, 6.45) is 1.39. The van der Waals surface area contributed by atoms with Crippen LogP contribution in [0.5, 0.6) is 5.75 Å². The quantitative estimate of drug-likeness (QED) is 0.889. The van der Waals surface area contributed by atoms with Crippen LogP contribution in [0.2, 0.25) is 0 Å². The molecule has 0 aliphatic carbocycles. The number of amides is 3. The van der Waals surface area contributed by atoms with Crippen molar-refractivity contribution in [2.24, 2.45) is 0 Å². The molecule has 130 valence electrons. The molecule has 0 bridgehead atoms. The third-order valence-corrected chi connectivity index (χ3v) is 4.16. The Morgan fingerprint density at radius 1 is 1.20 bits per heavy atom. The molecular formula is C19H21N3O3. The fraction of sp³-hybridized carbons (Fsp3) is 0.263. The van der Waals surface area contributed by atoms with Crippen molar-refractivity contribution < 1.29 is 14.3 Å². The van der Waals surface area contributed by atoms with Crippen molar-refractivity contribution in [2.75, 3.05) is 22.6 Å². The molecule has 2 aromatic carbocycles. The van der Waals surface area contributed by atoms with Crippen molar-refractivity contribution in [3.8, 4) is 5.75 Å². The molecule has 0 aromatic heterocycles. The van der Waals surface area contributed by atoms with Gasteiger partial charge in [-0.15, -0.1) is 0 Å². The highest BCUT2D eigenvalue weighted by atomic mass is 16.5. The Kier molecular flexibility index (Phi) is 4.88. The van der Waals surface area contributed by atoms with Gasteiger partial charge in [0.25, 0.3) is 0 Å². The Balaban J connectivity index is 1.90. The zero-order chi connectivity index (χ0) is 17.8. The van der Waals surface area contributed by atoms with Gasteiger partial charge in [-0.3, -0.25) is 9.69 Å². The number of ether oxygens (including phenoxy) is 1. The highest BCUT2D eigenvalue weighted by molar-refractivity contribution is 6.14. The molecule has 6 heteroatoms. The minimum atomic E-state index is -0.529. The zero-order valence-corrected chi connectivity index (χ0v) is 14.3. The second-order valence-corrected chi connectivity index (χ2v) is 5.84. The number of carbonyl (C=O) groups is 2. The summed E-state index contributed by atoms with van der Waals surface area (Å²) in [6, 6.07) is 13.5. The van der Waals surface area contributed by atoms with Crippen molar-refractivity contribution in [1.29, 1.82) is 0 Å². The minimum absolute atomic E-state index is 0.162. The number of nitrogens with zero attached hydrogens (tertiary/aromatic N) is 1. The third-order valence-electron chi connectivity index (χ3n) is 4.16. The van der Waals surface area contributed by atoms with E-state index in [1.807, 2.05) is 25.1 Å². The van der Waals surface area contributed by atoms with Crippen LogP contribution in [0.15, 0.2) is 48.5 Å². The first-order chi connectivity index (χ1) is 12.1. The van der Waals surface area contributed by atoms with Gasteiger partial charge in [-0.1, -0.05) is 25.5 Å². The summed E-state index contributed by atoms with van der Waals surface area (Å²) in [7, 11) is 1.59. The van der Waals surface area contributed by atoms with Gasteiger partial charge < -0.3 is 15.4 Å². The van der Waals surface area contributed by atoms with E-state index in [0.717, 1.165) is 6.42 Å². The molecule has 3 amide bonds. The van der Waals surface area contributed by atoms with Crippen LogP contribution >= 0.6 is 0 Å². The predicted molar refractivity (Wildman–Crippen MR) is 98.3 cm³/mol. The molecule has 1 aliphatic heterocycles. The number of hydrogen-bond acceptors (Lipinski definition) is 3. The van der Waals surface area contributed by atoms with E-state index >= 15 is 0 Å². The van der Waals surface area contributed by atoms with Crippen molar-refractivity contribution in [2.45, 2.75) is 25.8 Å². The van der Waals surface area contributed by atoms with Crippen LogP contribution in [0, 0.1) is 0 Å². The number of rotatable bonds is 4. The second-order valence-electron chi connectivity index (χ2n) is 5.84. The van der Waals surface area contributed by atoms with Gasteiger partial charge in [0, 0.05) is 5.69 Å². The standard InChI is InChI=1S/C19H21N3O3/c1-3-6-17-18(23)21-15-7-4-5-8-16(15)22(17)19(24)20-13-9-11-14(25-2)12-10-13/h4-5,7-12,17H,3,6H2,1-2H3,(H,20,24)(H,21,23). The number of benzene rings is 2. The van der Waals surface area contributed by atoms with Crippen LogP contribution < -0.4 is 20.3 Å². The van der Waals surface area contributed by atoms with Crippen molar-refractivity contribution in [1.82, 2.24) is 0 Å². The maximum atomic E-state index is 12.9. The van der Waals surface area contributed by atoms with E-state index in [9.17, 15) is 9.59 Å². The van der Waals surface area contributed by atoms with E-state index in [0.29, 0.717) is 29.2 Å². The fourth-order valence-corrected chi connectivity index (χ4v) is 2.93. The maximum Gasteiger partial charge on any atom is 0.327 e. The zero-order valence-electron chi connectivity index (χ0n) is 14.3. The van der Waals surface area contributed by atoms with Gasteiger partial charge in [0.1, 0.15) is 11.8 Å². The number of carbonyl (C=O) groups excluding carboxylic acids is 2. The SMILES string of the molecule is CCCC1C(=O)Nc2ccccc2N1C(=O)Nc1ccc(OC)cc1. The molecular weight excluding hydrogens is 318 g/mol. The van der Waals surface area contributed by atoms with E-state index in [2.05, 4.69) is 10.6 Å². The summed E-state index contributed by atoms with van der Waals surface area (Å²) < 4.78 is 5.12. The monoisotopic (exact) mass is 339 g/mol. The second kappa shape index (κ2) is 7.25. The van der Waals surface area contributed by atoms with Crippen molar-refractivity contribution in [3.05, 3.63) is 48.5 Å². The molecule has 1 unspecified atom stereocenters. The lowest BCUT2D eigenvalue weighted by Crippen LogP contribution is -2.52.